The third kappa shape index (κ3) is 1.56. The zero-order valence-corrected chi connectivity index (χ0v) is 9.50. The predicted molar refractivity (Wildman–Crippen MR) is 58.6 cm³/mol. The molecular formula is C12H18N2O2. The quantitative estimate of drug-likeness (QED) is 0.693. The number of piperidine rings is 1. The van der Waals surface area contributed by atoms with Gasteiger partial charge in [0.15, 0.2) is 0 Å². The average Bonchev–Trinajstić information content (AvgIpc) is 3.06. The van der Waals surface area contributed by atoms with Crippen LogP contribution < -0.4 is 5.32 Å². The van der Waals surface area contributed by atoms with Crippen molar-refractivity contribution < 1.29 is 9.59 Å². The Bertz CT molecular complexity index is 330. The Morgan fingerprint density at radius 3 is 2.81 bits per heavy atom. The molecule has 3 aliphatic rings. The molecule has 0 bridgehead atoms. The fourth-order valence-corrected chi connectivity index (χ4v) is 2.90. The van der Waals surface area contributed by atoms with Gasteiger partial charge in [-0.25, -0.2) is 0 Å². The van der Waals surface area contributed by atoms with Crippen LogP contribution in [0, 0.1) is 11.3 Å². The summed E-state index contributed by atoms with van der Waals surface area (Å²) in [5.74, 6) is 0.747. The molecule has 4 heteroatoms. The van der Waals surface area contributed by atoms with Crippen LogP contribution in [0.25, 0.3) is 0 Å². The topological polar surface area (TPSA) is 49.4 Å². The Labute approximate surface area is 95.4 Å². The number of imide groups is 1. The highest BCUT2D eigenvalue weighted by Gasteiger charge is 2.52. The Hall–Kier alpha value is -0.900. The molecule has 0 aromatic carbocycles. The molecule has 0 aromatic heterocycles. The SMILES string of the molecule is O=C1C[C@@]2(CCCNC2)C(=O)N1CC1CC1. The fourth-order valence-electron chi connectivity index (χ4n) is 2.90. The second-order valence-corrected chi connectivity index (χ2v) is 5.49. The van der Waals surface area contributed by atoms with Crippen LogP contribution in [0.4, 0.5) is 0 Å². The molecule has 2 aliphatic heterocycles. The van der Waals surface area contributed by atoms with Gasteiger partial charge in [0, 0.05) is 19.5 Å². The number of rotatable bonds is 2. The van der Waals surface area contributed by atoms with Gasteiger partial charge in [-0.15, -0.1) is 0 Å². The molecule has 0 aromatic rings. The van der Waals surface area contributed by atoms with Crippen molar-refractivity contribution in [1.29, 1.82) is 0 Å². The molecule has 2 amide bonds. The Morgan fingerprint density at radius 1 is 1.38 bits per heavy atom. The number of hydrogen-bond acceptors (Lipinski definition) is 3. The van der Waals surface area contributed by atoms with Crippen molar-refractivity contribution >= 4 is 11.8 Å². The van der Waals surface area contributed by atoms with Crippen LogP contribution >= 0.6 is 0 Å². The van der Waals surface area contributed by atoms with Crippen molar-refractivity contribution in [3.05, 3.63) is 0 Å². The summed E-state index contributed by atoms with van der Waals surface area (Å²) in [7, 11) is 0. The first-order valence-electron chi connectivity index (χ1n) is 6.27. The van der Waals surface area contributed by atoms with Crippen LogP contribution in [-0.2, 0) is 9.59 Å². The lowest BCUT2D eigenvalue weighted by atomic mass is 9.79. The first-order chi connectivity index (χ1) is 7.71. The minimum absolute atomic E-state index is 0.0561. The highest BCUT2D eigenvalue weighted by atomic mass is 16.2. The lowest BCUT2D eigenvalue weighted by Gasteiger charge is -2.31. The number of nitrogens with zero attached hydrogens (tertiary/aromatic N) is 1. The summed E-state index contributed by atoms with van der Waals surface area (Å²) in [6, 6.07) is 0. The molecule has 1 spiro atoms. The van der Waals surface area contributed by atoms with Gasteiger partial charge in [0.1, 0.15) is 0 Å². The van der Waals surface area contributed by atoms with E-state index in [4.69, 9.17) is 0 Å². The highest BCUT2D eigenvalue weighted by molar-refractivity contribution is 6.06. The zero-order valence-electron chi connectivity index (χ0n) is 9.50. The maximum atomic E-state index is 12.3. The molecular weight excluding hydrogens is 204 g/mol. The number of hydrogen-bond donors (Lipinski definition) is 1. The molecule has 16 heavy (non-hydrogen) atoms. The monoisotopic (exact) mass is 222 g/mol. The molecule has 1 atom stereocenters. The van der Waals surface area contributed by atoms with Crippen LogP contribution in [-0.4, -0.2) is 36.3 Å². The van der Waals surface area contributed by atoms with Crippen molar-refractivity contribution in [2.45, 2.75) is 32.1 Å². The van der Waals surface area contributed by atoms with Crippen LogP contribution in [0.15, 0.2) is 0 Å². The van der Waals surface area contributed by atoms with E-state index >= 15 is 0 Å². The van der Waals surface area contributed by atoms with E-state index in [1.807, 2.05) is 0 Å². The summed E-state index contributed by atoms with van der Waals surface area (Å²) in [6.45, 7) is 2.35. The molecule has 2 heterocycles. The van der Waals surface area contributed by atoms with Gasteiger partial charge in [-0.2, -0.15) is 0 Å². The molecule has 1 aliphatic carbocycles. The molecule has 88 valence electrons. The third-order valence-corrected chi connectivity index (χ3v) is 4.10. The summed E-state index contributed by atoms with van der Waals surface area (Å²) in [6.07, 6.45) is 4.69. The van der Waals surface area contributed by atoms with E-state index < -0.39 is 0 Å². The van der Waals surface area contributed by atoms with E-state index in [2.05, 4.69) is 5.32 Å². The first-order valence-corrected chi connectivity index (χ1v) is 6.27. The van der Waals surface area contributed by atoms with Crippen LogP contribution in [0.3, 0.4) is 0 Å². The van der Waals surface area contributed by atoms with Gasteiger partial charge in [0.05, 0.1) is 5.41 Å². The van der Waals surface area contributed by atoms with Crippen molar-refractivity contribution in [1.82, 2.24) is 10.2 Å². The van der Waals surface area contributed by atoms with E-state index in [1.54, 1.807) is 0 Å². The van der Waals surface area contributed by atoms with Gasteiger partial charge in [0.2, 0.25) is 11.8 Å². The smallest absolute Gasteiger partial charge is 0.237 e. The van der Waals surface area contributed by atoms with E-state index in [9.17, 15) is 9.59 Å². The molecule has 1 N–H and O–H groups in total. The van der Waals surface area contributed by atoms with E-state index in [0.717, 1.165) is 19.4 Å². The second-order valence-electron chi connectivity index (χ2n) is 5.49. The molecule has 4 nitrogen and oxygen atoms in total. The zero-order chi connectivity index (χ0) is 11.2. The molecule has 1 saturated carbocycles. The minimum Gasteiger partial charge on any atom is -0.316 e. The lowest BCUT2D eigenvalue weighted by molar-refractivity contribution is -0.142. The number of amides is 2. The molecule has 2 saturated heterocycles. The normalized spacial score (nSPS) is 35.1. The maximum Gasteiger partial charge on any atom is 0.237 e. The predicted octanol–water partition coefficient (Wildman–Crippen LogP) is 0.525. The summed E-state index contributed by atoms with van der Waals surface area (Å²) in [5, 5.41) is 3.26. The van der Waals surface area contributed by atoms with Gasteiger partial charge in [-0.3, -0.25) is 14.5 Å². The van der Waals surface area contributed by atoms with Gasteiger partial charge in [-0.05, 0) is 38.1 Å². The van der Waals surface area contributed by atoms with Crippen molar-refractivity contribution in [2.75, 3.05) is 19.6 Å². The van der Waals surface area contributed by atoms with Gasteiger partial charge in [0.25, 0.3) is 0 Å². The van der Waals surface area contributed by atoms with Crippen LogP contribution in [0.1, 0.15) is 32.1 Å². The number of likely N-dealkylation sites (tertiary alicyclic amines) is 1. The first kappa shape index (κ1) is 10.3. The second kappa shape index (κ2) is 3.55. The molecule has 0 unspecified atom stereocenters. The van der Waals surface area contributed by atoms with Crippen LogP contribution in [0.2, 0.25) is 0 Å². The van der Waals surface area contributed by atoms with Crippen molar-refractivity contribution in [3.63, 3.8) is 0 Å². The standard InChI is InChI=1S/C12H18N2O2/c15-10-6-12(4-1-5-13-8-12)11(16)14(10)7-9-2-3-9/h9,13H,1-8H2/t12-/m1/s1. The van der Waals surface area contributed by atoms with E-state index in [0.29, 0.717) is 25.4 Å². The maximum absolute atomic E-state index is 12.3. The summed E-state index contributed by atoms with van der Waals surface area (Å²) >= 11 is 0. The van der Waals surface area contributed by atoms with Gasteiger partial charge in [-0.1, -0.05) is 0 Å². The largest absolute Gasteiger partial charge is 0.316 e. The summed E-state index contributed by atoms with van der Waals surface area (Å²) in [5.41, 5.74) is -0.385. The lowest BCUT2D eigenvalue weighted by Crippen LogP contribution is -2.46. The molecule has 3 rings (SSSR count). The Morgan fingerprint density at radius 2 is 2.19 bits per heavy atom. The summed E-state index contributed by atoms with van der Waals surface area (Å²) < 4.78 is 0. The van der Waals surface area contributed by atoms with Crippen LogP contribution in [0.5, 0.6) is 0 Å². The van der Waals surface area contributed by atoms with E-state index in [1.165, 1.54) is 17.7 Å². The average molecular weight is 222 g/mol. The number of nitrogens with one attached hydrogen (secondary N) is 1. The van der Waals surface area contributed by atoms with Gasteiger partial charge < -0.3 is 5.32 Å². The number of carbonyl (C=O) groups excluding carboxylic acids is 2. The third-order valence-electron chi connectivity index (χ3n) is 4.10. The van der Waals surface area contributed by atoms with Crippen molar-refractivity contribution in [3.8, 4) is 0 Å². The minimum atomic E-state index is -0.385. The summed E-state index contributed by atoms with van der Waals surface area (Å²) in [4.78, 5) is 25.8. The fraction of sp³-hybridized carbons (Fsp3) is 0.833. The van der Waals surface area contributed by atoms with Gasteiger partial charge >= 0.3 is 0 Å². The number of carbonyl (C=O) groups is 2. The Balaban J connectivity index is 1.77. The molecule has 3 fully saturated rings. The van der Waals surface area contributed by atoms with Crippen molar-refractivity contribution in [2.24, 2.45) is 11.3 Å². The molecule has 0 radical (unpaired) electrons. The van der Waals surface area contributed by atoms with E-state index in [-0.39, 0.29) is 17.2 Å². The Kier molecular flexibility index (Phi) is 2.28. The highest BCUT2D eigenvalue weighted by Crippen LogP contribution is 2.40.